The fraction of sp³-hybridized carbons (Fsp3) is 0.364. The van der Waals surface area contributed by atoms with E-state index in [1.807, 2.05) is 13.8 Å². The van der Waals surface area contributed by atoms with Gasteiger partial charge in [0.1, 0.15) is 11.7 Å². The van der Waals surface area contributed by atoms with E-state index in [9.17, 15) is 9.59 Å². The van der Waals surface area contributed by atoms with Crippen LogP contribution in [0.25, 0.3) is 0 Å². The number of carbonyl (C=O) groups is 2. The molecule has 2 heterocycles. The highest BCUT2D eigenvalue weighted by molar-refractivity contribution is 6.38. The van der Waals surface area contributed by atoms with Gasteiger partial charge < -0.3 is 45.4 Å². The van der Waals surface area contributed by atoms with Crippen LogP contribution in [-0.2, 0) is 14.3 Å². The van der Waals surface area contributed by atoms with Crippen LogP contribution in [0.4, 0.5) is 0 Å². The predicted molar refractivity (Wildman–Crippen MR) is 266 cm³/mol. The second-order valence-electron chi connectivity index (χ2n) is 13.5. The molecule has 0 bridgehead atoms. The molecular weight excluding hydrogens is 1010 g/mol. The van der Waals surface area contributed by atoms with Crippen LogP contribution < -0.4 is 40.6 Å². The number of hydrogen-bond acceptors (Lipinski definition) is 12. The second-order valence-corrected chi connectivity index (χ2v) is 16.7. The summed E-state index contributed by atoms with van der Waals surface area (Å²) in [6, 6.07) is 20.5. The zero-order valence-corrected chi connectivity index (χ0v) is 42.1. The largest absolute Gasteiger partial charge is 0.480 e. The van der Waals surface area contributed by atoms with Gasteiger partial charge in [0, 0.05) is 26.2 Å². The number of benzene rings is 4. The number of amidine groups is 2. The summed E-state index contributed by atoms with van der Waals surface area (Å²) < 4.78 is 27.0. The van der Waals surface area contributed by atoms with E-state index in [1.54, 1.807) is 93.6 Å². The van der Waals surface area contributed by atoms with E-state index in [1.165, 1.54) is 0 Å². The van der Waals surface area contributed by atoms with Crippen LogP contribution in [0.2, 0.25) is 40.2 Å². The summed E-state index contributed by atoms with van der Waals surface area (Å²) in [4.78, 5) is 31.5. The Morgan fingerprint density at radius 3 is 1.20 bits per heavy atom. The van der Waals surface area contributed by atoms with Gasteiger partial charge in [-0.1, -0.05) is 117 Å². The summed E-state index contributed by atoms with van der Waals surface area (Å²) >= 11 is 47.7. The van der Waals surface area contributed by atoms with Crippen molar-refractivity contribution in [3.8, 4) is 23.0 Å². The Balaban J connectivity index is 0.000000230. The van der Waals surface area contributed by atoms with Crippen molar-refractivity contribution < 1.29 is 33.3 Å². The minimum Gasteiger partial charge on any atom is -0.480 e. The number of amides is 1. The summed E-state index contributed by atoms with van der Waals surface area (Å²) in [5.74, 6) is 2.61. The molecule has 0 radical (unpaired) electrons. The Hall–Kier alpha value is -3.76. The van der Waals surface area contributed by atoms with Crippen LogP contribution >= 0.6 is 92.8 Å². The van der Waals surface area contributed by atoms with Gasteiger partial charge >= 0.3 is 5.97 Å². The van der Waals surface area contributed by atoms with E-state index in [0.717, 1.165) is 37.9 Å². The van der Waals surface area contributed by atoms with Gasteiger partial charge in [-0.15, -0.1) is 0 Å². The zero-order chi connectivity index (χ0) is 48.1. The smallest absolute Gasteiger partial charge is 0.347 e. The lowest BCUT2D eigenvalue weighted by Crippen LogP contribution is -2.38. The summed E-state index contributed by atoms with van der Waals surface area (Å²) in [5.41, 5.74) is 5.28. The quantitative estimate of drug-likeness (QED) is 0.0842. The highest BCUT2D eigenvalue weighted by Crippen LogP contribution is 2.36. The first-order valence-electron chi connectivity index (χ1n) is 20.1. The minimum atomic E-state index is -0.739. The maximum absolute atomic E-state index is 11.6. The molecule has 4 aromatic carbocycles. The van der Waals surface area contributed by atoms with E-state index in [0.29, 0.717) is 82.9 Å². The molecule has 21 heteroatoms. The first kappa shape index (κ1) is 55.6. The number of carbonyl (C=O) groups excluding carboxylic acids is 2. The van der Waals surface area contributed by atoms with Gasteiger partial charge in [-0.2, -0.15) is 0 Å². The highest BCUT2D eigenvalue weighted by Gasteiger charge is 2.21. The van der Waals surface area contributed by atoms with E-state index in [2.05, 4.69) is 25.9 Å². The highest BCUT2D eigenvalue weighted by atomic mass is 35.5. The molecule has 0 spiro atoms. The molecule has 13 nitrogen and oxygen atoms in total. The number of nitrogens with zero attached hydrogens (tertiary/aromatic N) is 2. The summed E-state index contributed by atoms with van der Waals surface area (Å²) in [5, 5.41) is 12.4. The molecule has 6 rings (SSSR count). The third-order valence-corrected chi connectivity index (χ3v) is 10.8. The van der Waals surface area contributed by atoms with E-state index >= 15 is 0 Å². The molecule has 2 aliphatic rings. The number of halogens is 8. The van der Waals surface area contributed by atoms with E-state index in [-0.39, 0.29) is 18.1 Å². The number of esters is 1. The minimum absolute atomic E-state index is 0.167. The number of nitrogens with two attached hydrogens (primary N) is 1. The number of para-hydroxylation sites is 4. The van der Waals surface area contributed by atoms with Gasteiger partial charge in [0.15, 0.2) is 47.4 Å². The summed E-state index contributed by atoms with van der Waals surface area (Å²) in [6.45, 7) is 13.2. The molecule has 4 aromatic rings. The standard InChI is InChI=1S/C11H14Cl2N2O2.2C11H12Cl2N2O.C11H12Cl2O3/c1-7(11(16)15-6-5-14)17-10-8(12)3-2-4-9(10)13;2*1-7(11-14-5-6-15-11)16-10-8(12)3-2-4-9(10)13;1-3-15-11(14)7(2)16-10-8(12)5-4-6-9(10)13/h2-4,7H,5-6,14H2,1H3,(H,15,16);2*2-4,7H,5-6H2,1H3,(H,14,15);4-7H,3H2,1-2H3/t4*7-/m0000/s1. The maximum Gasteiger partial charge on any atom is 0.347 e. The van der Waals surface area contributed by atoms with Gasteiger partial charge in [-0.05, 0) is 83.1 Å². The van der Waals surface area contributed by atoms with Gasteiger partial charge in [0.05, 0.1) is 59.9 Å². The molecule has 0 unspecified atom stereocenters. The van der Waals surface area contributed by atoms with Crippen molar-refractivity contribution in [3.05, 3.63) is 113 Å². The van der Waals surface area contributed by atoms with Crippen LogP contribution in [0.1, 0.15) is 34.6 Å². The third kappa shape index (κ3) is 18.4. The van der Waals surface area contributed by atoms with E-state index < -0.39 is 18.2 Å². The summed E-state index contributed by atoms with van der Waals surface area (Å²) in [7, 11) is 0. The van der Waals surface area contributed by atoms with Crippen molar-refractivity contribution in [3.63, 3.8) is 0 Å². The van der Waals surface area contributed by atoms with Crippen molar-refractivity contribution >= 4 is 116 Å². The number of ether oxygens (including phenoxy) is 5. The first-order chi connectivity index (χ1) is 31.0. The van der Waals surface area contributed by atoms with Crippen LogP contribution in [-0.4, -0.2) is 93.8 Å². The molecule has 0 aromatic heterocycles. The lowest BCUT2D eigenvalue weighted by molar-refractivity contribution is -0.150. The fourth-order valence-electron chi connectivity index (χ4n) is 5.28. The lowest BCUT2D eigenvalue weighted by atomic mass is 10.3. The van der Waals surface area contributed by atoms with Gasteiger partial charge in [0.2, 0.25) is 0 Å². The Kier molecular flexibility index (Phi) is 24.9. The molecule has 65 heavy (non-hydrogen) atoms. The van der Waals surface area contributed by atoms with Crippen molar-refractivity contribution in [2.45, 2.75) is 59.0 Å². The molecule has 0 saturated carbocycles. The fourth-order valence-corrected chi connectivity index (χ4v) is 7.22. The first-order valence-corrected chi connectivity index (χ1v) is 23.1. The Labute approximate surface area is 419 Å². The van der Waals surface area contributed by atoms with Gasteiger partial charge in [0.25, 0.3) is 5.91 Å². The molecule has 354 valence electrons. The molecule has 2 aliphatic heterocycles. The average molecular weight is 1060 g/mol. The van der Waals surface area contributed by atoms with Crippen LogP contribution in [0.15, 0.2) is 82.8 Å². The number of nitrogens with one attached hydrogen (secondary N) is 3. The number of aliphatic imine (C=N–C) groups is 2. The number of rotatable bonds is 15. The van der Waals surface area contributed by atoms with Crippen LogP contribution in [0, 0.1) is 0 Å². The maximum atomic E-state index is 11.6. The molecule has 0 saturated heterocycles. The second kappa shape index (κ2) is 29.1. The average Bonchev–Trinajstić information content (AvgIpc) is 4.03. The van der Waals surface area contributed by atoms with Crippen LogP contribution in [0.3, 0.4) is 0 Å². The number of hydrogen-bond donors (Lipinski definition) is 4. The van der Waals surface area contributed by atoms with Gasteiger partial charge in [-0.25, -0.2) is 4.79 Å². The van der Waals surface area contributed by atoms with Crippen molar-refractivity contribution in [1.82, 2.24) is 16.0 Å². The topological polar surface area (TPSA) is 167 Å². The molecule has 1 amide bonds. The Morgan fingerprint density at radius 2 is 0.908 bits per heavy atom. The van der Waals surface area contributed by atoms with Crippen molar-refractivity contribution in [2.75, 3.05) is 45.9 Å². The molecule has 0 aliphatic carbocycles. The molecule has 0 fully saturated rings. The molecular formula is C44H50Cl8N6O7. The summed E-state index contributed by atoms with van der Waals surface area (Å²) in [6.07, 6.45) is -1.75. The zero-order valence-electron chi connectivity index (χ0n) is 36.0. The lowest BCUT2D eigenvalue weighted by Gasteiger charge is -2.16. The Bertz CT molecular complexity index is 2080. The van der Waals surface area contributed by atoms with Gasteiger partial charge in [-0.3, -0.25) is 14.8 Å². The monoisotopic (exact) mass is 1050 g/mol. The van der Waals surface area contributed by atoms with Crippen molar-refractivity contribution in [2.24, 2.45) is 15.7 Å². The predicted octanol–water partition coefficient (Wildman–Crippen LogP) is 10.7. The van der Waals surface area contributed by atoms with Crippen molar-refractivity contribution in [1.29, 1.82) is 0 Å². The van der Waals surface area contributed by atoms with Crippen LogP contribution in [0.5, 0.6) is 23.0 Å². The molecule has 5 N–H and O–H groups in total. The molecule has 4 atom stereocenters. The SMILES string of the molecule is CCOC(=O)[C@H](C)Oc1c(Cl)cccc1Cl.C[C@H](Oc1c(Cl)cccc1Cl)C(=O)NCCN.C[C@H](Oc1c(Cl)cccc1Cl)C1=NCCN1.C[C@H](Oc1c(Cl)cccc1Cl)C1=NCCN1. The third-order valence-electron chi connectivity index (χ3n) is 8.46. The Morgan fingerprint density at radius 1 is 0.585 bits per heavy atom. The van der Waals surface area contributed by atoms with E-state index in [4.69, 9.17) is 122 Å². The normalized spacial score (nSPS) is 14.2.